The molecule has 0 unspecified atom stereocenters. The largest absolute Gasteiger partial charge is 0.298 e. The van der Waals surface area contributed by atoms with Gasteiger partial charge in [-0.3, -0.25) is 9.56 Å². The number of benzene rings is 2. The summed E-state index contributed by atoms with van der Waals surface area (Å²) in [6.45, 7) is 4.50. The highest BCUT2D eigenvalue weighted by Crippen LogP contribution is 2.31. The number of halogens is 1. The summed E-state index contributed by atoms with van der Waals surface area (Å²) < 4.78 is 16.6. The van der Waals surface area contributed by atoms with E-state index in [1.165, 1.54) is 6.07 Å². The van der Waals surface area contributed by atoms with Gasteiger partial charge in [-0.05, 0) is 50.4 Å². The van der Waals surface area contributed by atoms with Gasteiger partial charge in [-0.1, -0.05) is 12.1 Å². The molecule has 5 heteroatoms. The van der Waals surface area contributed by atoms with Crippen molar-refractivity contribution in [1.29, 1.82) is 0 Å². The second kappa shape index (κ2) is 6.15. The molecular weight excluding hydrogens is 333 g/mol. The highest BCUT2D eigenvalue weighted by atomic mass is 32.2. The molecule has 0 spiro atoms. The summed E-state index contributed by atoms with van der Waals surface area (Å²) >= 11 is 1.67. The lowest BCUT2D eigenvalue weighted by atomic mass is 10.00. The van der Waals surface area contributed by atoms with Crippen LogP contribution in [0.4, 0.5) is 4.39 Å². The smallest absolute Gasteiger partial charge is 0.135 e. The second-order valence-electron chi connectivity index (χ2n) is 6.06. The molecular formula is C20H18FN3S. The molecule has 0 bridgehead atoms. The van der Waals surface area contributed by atoms with E-state index >= 15 is 0 Å². The molecule has 1 aliphatic heterocycles. The average molecular weight is 351 g/mol. The van der Waals surface area contributed by atoms with Crippen LogP contribution in [0.5, 0.6) is 0 Å². The van der Waals surface area contributed by atoms with E-state index in [1.807, 2.05) is 19.2 Å². The number of rotatable bonds is 2. The zero-order chi connectivity index (χ0) is 17.6. The predicted octanol–water partition coefficient (Wildman–Crippen LogP) is 4.70. The van der Waals surface area contributed by atoms with Crippen LogP contribution in [0.1, 0.15) is 28.3 Å². The highest BCUT2D eigenvalue weighted by molar-refractivity contribution is 7.98. The summed E-state index contributed by atoms with van der Waals surface area (Å²) in [5.74, 6) is 0.633. The molecule has 2 aromatic carbocycles. The molecule has 0 radical (unpaired) electrons. The van der Waals surface area contributed by atoms with Gasteiger partial charge in [0.2, 0.25) is 0 Å². The average Bonchev–Trinajstić information content (AvgIpc) is 2.81. The summed E-state index contributed by atoms with van der Waals surface area (Å²) in [7, 11) is 0. The first-order valence-corrected chi connectivity index (χ1v) is 9.35. The first-order valence-electron chi connectivity index (χ1n) is 8.13. The molecule has 0 saturated carbocycles. The van der Waals surface area contributed by atoms with Crippen LogP contribution < -0.4 is 0 Å². The number of aromatic nitrogens is 2. The fourth-order valence-electron chi connectivity index (χ4n) is 3.25. The topological polar surface area (TPSA) is 30.2 Å². The van der Waals surface area contributed by atoms with Gasteiger partial charge >= 0.3 is 0 Å². The maximum atomic E-state index is 14.5. The van der Waals surface area contributed by atoms with Crippen LogP contribution in [0.3, 0.4) is 0 Å². The van der Waals surface area contributed by atoms with E-state index in [4.69, 9.17) is 4.99 Å². The lowest BCUT2D eigenvalue weighted by Crippen LogP contribution is -2.10. The minimum atomic E-state index is -0.255. The third-order valence-corrected chi connectivity index (χ3v) is 5.35. The number of hydrogen-bond donors (Lipinski definition) is 0. The molecule has 0 atom stereocenters. The van der Waals surface area contributed by atoms with E-state index < -0.39 is 0 Å². The van der Waals surface area contributed by atoms with Crippen molar-refractivity contribution in [1.82, 2.24) is 9.55 Å². The van der Waals surface area contributed by atoms with Gasteiger partial charge in [-0.25, -0.2) is 9.37 Å². The monoisotopic (exact) mass is 351 g/mol. The molecule has 25 heavy (non-hydrogen) atoms. The molecule has 0 amide bonds. The molecule has 0 aliphatic carbocycles. The molecule has 0 saturated heterocycles. The minimum absolute atomic E-state index is 0.255. The van der Waals surface area contributed by atoms with Crippen molar-refractivity contribution in [3.63, 3.8) is 0 Å². The maximum Gasteiger partial charge on any atom is 0.135 e. The second-order valence-corrected chi connectivity index (χ2v) is 6.94. The van der Waals surface area contributed by atoms with E-state index in [-0.39, 0.29) is 5.82 Å². The SMILES string of the molecule is CSc1ccc2c(c1)C(c1ccccc1F)=NCc1nc(C)c(C)n1-2. The Morgan fingerprint density at radius 3 is 2.64 bits per heavy atom. The van der Waals surface area contributed by atoms with E-state index in [9.17, 15) is 4.39 Å². The fourth-order valence-corrected chi connectivity index (χ4v) is 3.69. The third kappa shape index (κ3) is 2.59. The molecule has 1 aromatic heterocycles. The zero-order valence-electron chi connectivity index (χ0n) is 14.4. The number of hydrogen-bond acceptors (Lipinski definition) is 3. The van der Waals surface area contributed by atoms with Crippen molar-refractivity contribution in [2.75, 3.05) is 6.26 Å². The number of aryl methyl sites for hydroxylation is 1. The van der Waals surface area contributed by atoms with Crippen LogP contribution in [-0.2, 0) is 6.54 Å². The number of fused-ring (bicyclic) bond motifs is 3. The normalized spacial score (nSPS) is 13.0. The Balaban J connectivity index is 2.03. The lowest BCUT2D eigenvalue weighted by Gasteiger charge is -2.15. The maximum absolute atomic E-state index is 14.5. The number of imidazole rings is 1. The first-order chi connectivity index (χ1) is 12.1. The summed E-state index contributed by atoms with van der Waals surface area (Å²) in [5.41, 5.74) is 5.26. The van der Waals surface area contributed by atoms with Crippen LogP contribution in [0.15, 0.2) is 52.4 Å². The van der Waals surface area contributed by atoms with Crippen molar-refractivity contribution in [2.24, 2.45) is 4.99 Å². The Bertz CT molecular complexity index is 1000. The van der Waals surface area contributed by atoms with E-state index in [0.717, 1.165) is 33.4 Å². The predicted molar refractivity (Wildman–Crippen MR) is 101 cm³/mol. The molecule has 0 fully saturated rings. The van der Waals surface area contributed by atoms with Crippen LogP contribution in [0.25, 0.3) is 5.69 Å². The van der Waals surface area contributed by atoms with Gasteiger partial charge in [-0.15, -0.1) is 11.8 Å². The van der Waals surface area contributed by atoms with Crippen LogP contribution in [0.2, 0.25) is 0 Å². The summed E-state index contributed by atoms with van der Waals surface area (Å²) in [5, 5.41) is 0. The number of thioether (sulfide) groups is 1. The standard InChI is InChI=1S/C20H18FN3S/c1-12-13(2)24-18-9-8-14(25-3)10-16(18)20(22-11-19(24)23-12)15-6-4-5-7-17(15)21/h4-10H,11H2,1-3H3. The lowest BCUT2D eigenvalue weighted by molar-refractivity contribution is 0.625. The Morgan fingerprint density at radius 1 is 1.08 bits per heavy atom. The Labute approximate surface area is 150 Å². The van der Waals surface area contributed by atoms with Gasteiger partial charge in [-0.2, -0.15) is 0 Å². The van der Waals surface area contributed by atoms with Gasteiger partial charge in [0.15, 0.2) is 0 Å². The van der Waals surface area contributed by atoms with Gasteiger partial charge < -0.3 is 0 Å². The quantitative estimate of drug-likeness (QED) is 0.627. The molecule has 1 aliphatic rings. The van der Waals surface area contributed by atoms with E-state index in [1.54, 1.807) is 23.9 Å². The summed E-state index contributed by atoms with van der Waals surface area (Å²) in [4.78, 5) is 10.5. The Morgan fingerprint density at radius 2 is 1.88 bits per heavy atom. The van der Waals surface area contributed by atoms with E-state index in [0.29, 0.717) is 17.8 Å². The molecule has 3 nitrogen and oxygen atoms in total. The minimum Gasteiger partial charge on any atom is -0.298 e. The highest BCUT2D eigenvalue weighted by Gasteiger charge is 2.23. The van der Waals surface area contributed by atoms with Gasteiger partial charge in [0, 0.05) is 21.7 Å². The van der Waals surface area contributed by atoms with Crippen LogP contribution in [0, 0.1) is 19.7 Å². The molecule has 3 aromatic rings. The van der Waals surface area contributed by atoms with E-state index in [2.05, 4.69) is 34.7 Å². The van der Waals surface area contributed by atoms with Crippen LogP contribution in [-0.4, -0.2) is 21.5 Å². The van der Waals surface area contributed by atoms with Gasteiger partial charge in [0.05, 0.1) is 23.6 Å². The number of aliphatic imine (C=N–C) groups is 1. The Hall–Kier alpha value is -2.40. The third-order valence-electron chi connectivity index (χ3n) is 4.62. The number of nitrogens with zero attached hydrogens (tertiary/aromatic N) is 3. The van der Waals surface area contributed by atoms with Crippen molar-refractivity contribution >= 4 is 17.5 Å². The van der Waals surface area contributed by atoms with Gasteiger partial charge in [0.1, 0.15) is 11.6 Å². The molecule has 2 heterocycles. The zero-order valence-corrected chi connectivity index (χ0v) is 15.2. The fraction of sp³-hybridized carbons (Fsp3) is 0.200. The van der Waals surface area contributed by atoms with Crippen molar-refractivity contribution < 1.29 is 4.39 Å². The first kappa shape index (κ1) is 16.1. The van der Waals surface area contributed by atoms with Crippen LogP contribution >= 0.6 is 11.8 Å². The molecule has 4 rings (SSSR count). The summed E-state index contributed by atoms with van der Waals surface area (Å²) in [6, 6.07) is 13.1. The summed E-state index contributed by atoms with van der Waals surface area (Å²) in [6.07, 6.45) is 2.04. The van der Waals surface area contributed by atoms with Crippen molar-refractivity contribution in [3.8, 4) is 5.69 Å². The van der Waals surface area contributed by atoms with Crippen molar-refractivity contribution in [3.05, 3.63) is 76.6 Å². The molecule has 0 N–H and O–H groups in total. The molecule has 126 valence electrons. The van der Waals surface area contributed by atoms with Crippen molar-refractivity contribution in [2.45, 2.75) is 25.3 Å². The Kier molecular flexibility index (Phi) is 3.96. The van der Waals surface area contributed by atoms with Gasteiger partial charge in [0.25, 0.3) is 0 Å².